The van der Waals surface area contributed by atoms with Crippen LogP contribution < -0.4 is 5.32 Å². The maximum absolute atomic E-state index is 11.9. The number of hydrogen-bond acceptors (Lipinski definition) is 5. The number of halogens is 1. The quantitative estimate of drug-likeness (QED) is 0.586. The number of furan rings is 1. The minimum atomic E-state index is -0.479. The summed E-state index contributed by atoms with van der Waals surface area (Å²) in [6.45, 7) is 1.17. The lowest BCUT2D eigenvalue weighted by Gasteiger charge is -2.14. The molecular formula is C15H16BrN3O4. The fraction of sp³-hybridized carbons (Fsp3) is 0.267. The number of nitrogens with zero attached hydrogens (tertiary/aromatic N) is 2. The molecule has 0 saturated heterocycles. The molecule has 1 aromatic heterocycles. The van der Waals surface area contributed by atoms with Crippen LogP contribution in [0.3, 0.4) is 0 Å². The van der Waals surface area contributed by atoms with Gasteiger partial charge in [-0.1, -0.05) is 0 Å². The van der Waals surface area contributed by atoms with E-state index in [9.17, 15) is 14.9 Å². The zero-order valence-corrected chi connectivity index (χ0v) is 14.1. The summed E-state index contributed by atoms with van der Waals surface area (Å²) in [5.41, 5.74) is 0.533. The molecule has 1 aromatic carbocycles. The Kier molecular flexibility index (Phi) is 5.89. The average molecular weight is 382 g/mol. The summed E-state index contributed by atoms with van der Waals surface area (Å²) in [5, 5.41) is 13.3. The van der Waals surface area contributed by atoms with E-state index < -0.39 is 4.92 Å². The lowest BCUT2D eigenvalue weighted by molar-refractivity contribution is -0.384. The number of anilines is 1. The maximum Gasteiger partial charge on any atom is 0.269 e. The van der Waals surface area contributed by atoms with E-state index in [4.69, 9.17) is 4.42 Å². The molecule has 0 aliphatic carbocycles. The fourth-order valence-corrected chi connectivity index (χ4v) is 2.30. The predicted molar refractivity (Wildman–Crippen MR) is 89.1 cm³/mol. The first-order valence-electron chi connectivity index (χ1n) is 6.91. The van der Waals surface area contributed by atoms with Crippen molar-refractivity contribution in [3.8, 4) is 0 Å². The van der Waals surface area contributed by atoms with Crippen molar-refractivity contribution in [2.75, 3.05) is 18.9 Å². The van der Waals surface area contributed by atoms with E-state index in [-0.39, 0.29) is 11.6 Å². The van der Waals surface area contributed by atoms with E-state index in [1.54, 1.807) is 0 Å². The van der Waals surface area contributed by atoms with Crippen molar-refractivity contribution < 1.29 is 14.1 Å². The van der Waals surface area contributed by atoms with E-state index in [1.165, 1.54) is 24.3 Å². The number of benzene rings is 1. The molecule has 1 amide bonds. The highest BCUT2D eigenvalue weighted by atomic mass is 79.9. The van der Waals surface area contributed by atoms with Crippen molar-refractivity contribution in [2.24, 2.45) is 0 Å². The van der Waals surface area contributed by atoms with Crippen LogP contribution in [0.2, 0.25) is 0 Å². The van der Waals surface area contributed by atoms with Crippen molar-refractivity contribution in [1.82, 2.24) is 4.90 Å². The van der Waals surface area contributed by atoms with Crippen LogP contribution in [-0.2, 0) is 11.3 Å². The summed E-state index contributed by atoms with van der Waals surface area (Å²) in [7, 11) is 1.90. The second-order valence-corrected chi connectivity index (χ2v) is 5.83. The SMILES string of the molecule is CN(CCC(=O)Nc1ccc([N+](=O)[O-])cc1)Cc1ccc(Br)o1. The summed E-state index contributed by atoms with van der Waals surface area (Å²) in [5.74, 6) is 0.668. The smallest absolute Gasteiger partial charge is 0.269 e. The second-order valence-electron chi connectivity index (χ2n) is 5.05. The monoisotopic (exact) mass is 381 g/mol. The van der Waals surface area contributed by atoms with Crippen LogP contribution in [0.25, 0.3) is 0 Å². The Bertz CT molecular complexity index is 684. The zero-order chi connectivity index (χ0) is 16.8. The van der Waals surface area contributed by atoms with Gasteiger partial charge in [0.2, 0.25) is 5.91 Å². The number of rotatable bonds is 7. The minimum absolute atomic E-state index is 0.00709. The summed E-state index contributed by atoms with van der Waals surface area (Å²) in [6, 6.07) is 9.44. The maximum atomic E-state index is 11.9. The van der Waals surface area contributed by atoms with Gasteiger partial charge in [-0.25, -0.2) is 0 Å². The van der Waals surface area contributed by atoms with Gasteiger partial charge in [0.25, 0.3) is 5.69 Å². The van der Waals surface area contributed by atoms with Crippen LogP contribution in [0, 0.1) is 10.1 Å². The van der Waals surface area contributed by atoms with Gasteiger partial charge in [-0.05, 0) is 47.2 Å². The molecule has 0 atom stereocenters. The number of hydrogen-bond donors (Lipinski definition) is 1. The van der Waals surface area contributed by atoms with Crippen molar-refractivity contribution in [3.63, 3.8) is 0 Å². The molecule has 1 N–H and O–H groups in total. The molecule has 0 fully saturated rings. The van der Waals surface area contributed by atoms with Gasteiger partial charge in [0.1, 0.15) is 5.76 Å². The lowest BCUT2D eigenvalue weighted by atomic mass is 10.2. The topological polar surface area (TPSA) is 88.6 Å². The molecule has 0 unspecified atom stereocenters. The third kappa shape index (κ3) is 5.50. The van der Waals surface area contributed by atoms with Crippen molar-refractivity contribution in [2.45, 2.75) is 13.0 Å². The highest BCUT2D eigenvalue weighted by Crippen LogP contribution is 2.16. The van der Waals surface area contributed by atoms with E-state index >= 15 is 0 Å². The van der Waals surface area contributed by atoms with E-state index in [1.807, 2.05) is 24.1 Å². The van der Waals surface area contributed by atoms with Gasteiger partial charge in [0, 0.05) is 30.8 Å². The summed E-state index contributed by atoms with van der Waals surface area (Å²) >= 11 is 3.24. The normalized spacial score (nSPS) is 10.7. The molecular weight excluding hydrogens is 366 g/mol. The Morgan fingerprint density at radius 2 is 2.00 bits per heavy atom. The molecule has 0 aliphatic heterocycles. The van der Waals surface area contributed by atoms with Crippen LogP contribution >= 0.6 is 15.9 Å². The first kappa shape index (κ1) is 17.2. The number of nitro groups is 1. The van der Waals surface area contributed by atoms with Gasteiger partial charge in [-0.15, -0.1) is 0 Å². The van der Waals surface area contributed by atoms with Gasteiger partial charge in [0.05, 0.1) is 11.5 Å². The Morgan fingerprint density at radius 1 is 1.30 bits per heavy atom. The molecule has 0 bridgehead atoms. The molecule has 0 radical (unpaired) electrons. The molecule has 0 spiro atoms. The number of carbonyl (C=O) groups is 1. The molecule has 0 aliphatic rings. The van der Waals surface area contributed by atoms with Gasteiger partial charge in [-0.3, -0.25) is 19.8 Å². The molecule has 8 heteroatoms. The average Bonchev–Trinajstić information content (AvgIpc) is 2.91. The van der Waals surface area contributed by atoms with Crippen molar-refractivity contribution >= 4 is 33.2 Å². The van der Waals surface area contributed by atoms with Crippen LogP contribution in [0.15, 0.2) is 45.5 Å². The van der Waals surface area contributed by atoms with Gasteiger partial charge >= 0.3 is 0 Å². The summed E-state index contributed by atoms with van der Waals surface area (Å²) in [6.07, 6.45) is 0.315. The lowest BCUT2D eigenvalue weighted by Crippen LogP contribution is -2.23. The van der Waals surface area contributed by atoms with Crippen LogP contribution in [0.4, 0.5) is 11.4 Å². The number of amides is 1. The highest BCUT2D eigenvalue weighted by Gasteiger charge is 2.09. The van der Waals surface area contributed by atoms with Crippen LogP contribution in [-0.4, -0.2) is 29.3 Å². The summed E-state index contributed by atoms with van der Waals surface area (Å²) < 4.78 is 6.08. The number of non-ortho nitro benzene ring substituents is 1. The number of nitro benzene ring substituents is 1. The van der Waals surface area contributed by atoms with Crippen molar-refractivity contribution in [3.05, 3.63) is 56.9 Å². The molecule has 2 rings (SSSR count). The third-order valence-corrected chi connectivity index (χ3v) is 3.56. The standard InChI is InChI=1S/C15H16BrN3O4/c1-18(10-13-6-7-14(16)23-13)9-8-15(20)17-11-2-4-12(5-3-11)19(21)22/h2-7H,8-10H2,1H3,(H,17,20). The predicted octanol–water partition coefficient (Wildman–Crippen LogP) is 3.41. The Labute approximate surface area is 141 Å². The van der Waals surface area contributed by atoms with Gasteiger partial charge < -0.3 is 9.73 Å². The Balaban J connectivity index is 1.77. The first-order chi connectivity index (χ1) is 10.9. The van der Waals surface area contributed by atoms with Crippen LogP contribution in [0.1, 0.15) is 12.2 Å². The number of carbonyl (C=O) groups excluding carboxylic acids is 1. The molecule has 0 saturated carbocycles. The first-order valence-corrected chi connectivity index (χ1v) is 7.70. The Hall–Kier alpha value is -2.19. The minimum Gasteiger partial charge on any atom is -0.453 e. The van der Waals surface area contributed by atoms with Crippen molar-refractivity contribution in [1.29, 1.82) is 0 Å². The molecule has 1 heterocycles. The molecule has 122 valence electrons. The Morgan fingerprint density at radius 3 is 2.57 bits per heavy atom. The third-order valence-electron chi connectivity index (χ3n) is 3.14. The van der Waals surface area contributed by atoms with Gasteiger partial charge in [-0.2, -0.15) is 0 Å². The largest absolute Gasteiger partial charge is 0.453 e. The van der Waals surface area contributed by atoms with E-state index in [0.717, 1.165) is 5.76 Å². The fourth-order valence-electron chi connectivity index (χ4n) is 1.96. The number of nitrogens with one attached hydrogen (secondary N) is 1. The summed E-state index contributed by atoms with van der Waals surface area (Å²) in [4.78, 5) is 23.9. The second kappa shape index (κ2) is 7.89. The molecule has 23 heavy (non-hydrogen) atoms. The molecule has 7 nitrogen and oxygen atoms in total. The highest BCUT2D eigenvalue weighted by molar-refractivity contribution is 9.10. The van der Waals surface area contributed by atoms with E-state index in [2.05, 4.69) is 21.2 Å². The van der Waals surface area contributed by atoms with Gasteiger partial charge in [0.15, 0.2) is 4.67 Å². The zero-order valence-electron chi connectivity index (χ0n) is 12.5. The van der Waals surface area contributed by atoms with E-state index in [0.29, 0.717) is 29.9 Å². The van der Waals surface area contributed by atoms with Crippen LogP contribution in [0.5, 0.6) is 0 Å². The molecule has 2 aromatic rings.